The number of nitrogens with zero attached hydrogens (tertiary/aromatic N) is 2. The highest BCUT2D eigenvalue weighted by atomic mass is 32.2. The average molecular weight is 412 g/mol. The Morgan fingerprint density at radius 2 is 2.03 bits per heavy atom. The first kappa shape index (κ1) is 18.9. The van der Waals surface area contributed by atoms with Crippen molar-refractivity contribution in [1.82, 2.24) is 4.90 Å². The molecule has 2 atom stereocenters. The van der Waals surface area contributed by atoms with Gasteiger partial charge < -0.3 is 15.1 Å². The van der Waals surface area contributed by atoms with Crippen molar-refractivity contribution in [1.29, 1.82) is 0 Å². The molecular formula is C23H26FN3OS. The first-order chi connectivity index (χ1) is 14.2. The Morgan fingerprint density at radius 1 is 1.17 bits per heavy atom. The van der Waals surface area contributed by atoms with Crippen molar-refractivity contribution in [3.63, 3.8) is 0 Å². The summed E-state index contributed by atoms with van der Waals surface area (Å²) in [6, 6.07) is 13.3. The van der Waals surface area contributed by atoms with Crippen molar-refractivity contribution in [2.75, 3.05) is 42.1 Å². The van der Waals surface area contributed by atoms with Crippen molar-refractivity contribution < 1.29 is 9.18 Å². The number of hydrogen-bond acceptors (Lipinski definition) is 4. The lowest BCUT2D eigenvalue weighted by molar-refractivity contribution is -0.116. The third-order valence-corrected chi connectivity index (χ3v) is 7.49. The highest BCUT2D eigenvalue weighted by molar-refractivity contribution is 7.99. The minimum atomic E-state index is -0.294. The van der Waals surface area contributed by atoms with Gasteiger partial charge in [-0.05, 0) is 54.5 Å². The van der Waals surface area contributed by atoms with E-state index in [2.05, 4.69) is 33.3 Å². The minimum Gasteiger partial charge on any atom is -0.367 e. The van der Waals surface area contributed by atoms with Gasteiger partial charge in [-0.3, -0.25) is 4.79 Å². The highest BCUT2D eigenvalue weighted by Crippen LogP contribution is 2.50. The average Bonchev–Trinajstić information content (AvgIpc) is 2.89. The smallest absolute Gasteiger partial charge is 0.225 e. The maximum Gasteiger partial charge on any atom is 0.225 e. The summed E-state index contributed by atoms with van der Waals surface area (Å²) in [5.74, 6) is 1.44. The molecule has 0 bridgehead atoms. The van der Waals surface area contributed by atoms with Crippen LogP contribution in [0, 0.1) is 5.82 Å². The van der Waals surface area contributed by atoms with E-state index >= 15 is 0 Å². The van der Waals surface area contributed by atoms with Crippen LogP contribution in [0.3, 0.4) is 0 Å². The third kappa shape index (κ3) is 3.76. The summed E-state index contributed by atoms with van der Waals surface area (Å²) in [4.78, 5) is 18.9. The number of nitrogens with one attached hydrogen (secondary N) is 1. The van der Waals surface area contributed by atoms with E-state index < -0.39 is 0 Å². The number of thioether (sulfide) groups is 1. The lowest BCUT2D eigenvalue weighted by Gasteiger charge is -2.38. The fraction of sp³-hybridized carbons (Fsp3) is 0.435. The molecule has 152 valence electrons. The molecule has 0 spiro atoms. The van der Waals surface area contributed by atoms with Crippen LogP contribution in [0.2, 0.25) is 0 Å². The van der Waals surface area contributed by atoms with Crippen LogP contribution >= 0.6 is 11.8 Å². The topological polar surface area (TPSA) is 35.6 Å². The van der Waals surface area contributed by atoms with E-state index in [1.54, 1.807) is 12.1 Å². The SMILES string of the molecule is O=C(CCN1CC[C@H]2[C@@H](C1)c1cccc3c1N2CCCS3)Nc1ccc(F)cc1. The van der Waals surface area contributed by atoms with Crippen LogP contribution in [0.25, 0.3) is 0 Å². The number of para-hydroxylation sites is 1. The van der Waals surface area contributed by atoms with Crippen LogP contribution in [0.1, 0.15) is 30.7 Å². The Bertz CT molecular complexity index is 903. The van der Waals surface area contributed by atoms with Crippen molar-refractivity contribution >= 4 is 29.0 Å². The molecule has 0 aliphatic carbocycles. The maximum absolute atomic E-state index is 13.0. The van der Waals surface area contributed by atoms with Crippen LogP contribution in [0.4, 0.5) is 15.8 Å². The summed E-state index contributed by atoms with van der Waals surface area (Å²) >= 11 is 2.00. The number of fused-ring (bicyclic) bond motifs is 3. The molecule has 1 amide bonds. The Morgan fingerprint density at radius 3 is 2.90 bits per heavy atom. The van der Waals surface area contributed by atoms with Crippen LogP contribution in [-0.4, -0.2) is 48.8 Å². The lowest BCUT2D eigenvalue weighted by atomic mass is 9.89. The molecule has 6 heteroatoms. The Kier molecular flexibility index (Phi) is 5.22. The summed E-state index contributed by atoms with van der Waals surface area (Å²) < 4.78 is 13.0. The zero-order valence-corrected chi connectivity index (χ0v) is 17.3. The molecule has 2 aromatic rings. The van der Waals surface area contributed by atoms with E-state index in [9.17, 15) is 9.18 Å². The fourth-order valence-electron chi connectivity index (χ4n) is 5.03. The quantitative estimate of drug-likeness (QED) is 0.812. The number of likely N-dealkylation sites (tertiary alicyclic amines) is 1. The van der Waals surface area contributed by atoms with Gasteiger partial charge in [-0.25, -0.2) is 4.39 Å². The zero-order chi connectivity index (χ0) is 19.8. The molecule has 4 nitrogen and oxygen atoms in total. The van der Waals surface area contributed by atoms with Gasteiger partial charge in [0, 0.05) is 55.1 Å². The van der Waals surface area contributed by atoms with Gasteiger partial charge in [0.1, 0.15) is 5.82 Å². The minimum absolute atomic E-state index is 0.0136. The standard InChI is InChI=1S/C23H26FN3OS/c24-16-5-7-17(8-6-16)25-22(28)10-13-26-12-9-20-19(15-26)18-3-1-4-21-23(18)27(20)11-2-14-29-21/h1,3-8,19-20H,2,9-15H2,(H,25,28)/t19-,20-/m0/s1. The first-order valence-corrected chi connectivity index (χ1v) is 11.5. The Hall–Kier alpha value is -2.05. The van der Waals surface area contributed by atoms with Gasteiger partial charge in [0.2, 0.25) is 5.91 Å². The number of rotatable bonds is 4. The van der Waals surface area contributed by atoms with Crippen molar-refractivity contribution in [2.45, 2.75) is 36.1 Å². The summed E-state index contributed by atoms with van der Waals surface area (Å²) in [5.41, 5.74) is 3.64. The van der Waals surface area contributed by atoms with Crippen molar-refractivity contribution in [3.05, 3.63) is 53.8 Å². The fourth-order valence-corrected chi connectivity index (χ4v) is 6.07. The molecule has 0 radical (unpaired) electrons. The summed E-state index contributed by atoms with van der Waals surface area (Å²) in [6.45, 7) is 3.99. The molecule has 0 unspecified atom stereocenters. The number of anilines is 2. The van der Waals surface area contributed by atoms with E-state index in [4.69, 9.17) is 0 Å². The molecular weight excluding hydrogens is 385 g/mol. The van der Waals surface area contributed by atoms with Crippen LogP contribution < -0.4 is 10.2 Å². The first-order valence-electron chi connectivity index (χ1n) is 10.5. The van der Waals surface area contributed by atoms with Gasteiger partial charge in [-0.2, -0.15) is 0 Å². The predicted octanol–water partition coefficient (Wildman–Crippen LogP) is 4.33. The Balaban J connectivity index is 1.23. The van der Waals surface area contributed by atoms with E-state index in [1.807, 2.05) is 11.8 Å². The second kappa shape index (κ2) is 8.00. The number of benzene rings is 2. The molecule has 0 aromatic heterocycles. The number of carbonyl (C=O) groups is 1. The summed E-state index contributed by atoms with van der Waals surface area (Å²) in [5, 5.41) is 2.87. The second-order valence-corrected chi connectivity index (χ2v) is 9.29. The molecule has 2 aromatic carbocycles. The van der Waals surface area contributed by atoms with Gasteiger partial charge in [0.05, 0.1) is 5.69 Å². The molecule has 3 aliphatic rings. The molecule has 5 rings (SSSR count). The number of hydrogen-bond donors (Lipinski definition) is 1. The number of piperidine rings is 1. The second-order valence-electron chi connectivity index (χ2n) is 8.16. The molecule has 3 aliphatic heterocycles. The predicted molar refractivity (Wildman–Crippen MR) is 116 cm³/mol. The number of carbonyl (C=O) groups excluding carboxylic acids is 1. The highest BCUT2D eigenvalue weighted by Gasteiger charge is 2.43. The van der Waals surface area contributed by atoms with Gasteiger partial charge in [-0.1, -0.05) is 12.1 Å². The number of amides is 1. The maximum atomic E-state index is 13.0. The van der Waals surface area contributed by atoms with Gasteiger partial charge in [0.15, 0.2) is 0 Å². The third-order valence-electron chi connectivity index (χ3n) is 6.36. The zero-order valence-electron chi connectivity index (χ0n) is 16.4. The number of halogens is 1. The van der Waals surface area contributed by atoms with Crippen molar-refractivity contribution in [3.8, 4) is 0 Å². The van der Waals surface area contributed by atoms with Gasteiger partial charge in [0.25, 0.3) is 0 Å². The van der Waals surface area contributed by atoms with Crippen LogP contribution in [0.5, 0.6) is 0 Å². The largest absolute Gasteiger partial charge is 0.367 e. The van der Waals surface area contributed by atoms with E-state index in [1.165, 1.54) is 40.5 Å². The molecule has 0 saturated carbocycles. The van der Waals surface area contributed by atoms with E-state index in [0.717, 1.165) is 32.6 Å². The monoisotopic (exact) mass is 411 g/mol. The molecule has 1 fully saturated rings. The van der Waals surface area contributed by atoms with Crippen LogP contribution in [-0.2, 0) is 4.79 Å². The summed E-state index contributed by atoms with van der Waals surface area (Å²) in [6.07, 6.45) is 2.86. The van der Waals surface area contributed by atoms with Crippen molar-refractivity contribution in [2.24, 2.45) is 0 Å². The Labute approximate surface area is 175 Å². The molecule has 1 N–H and O–H groups in total. The van der Waals surface area contributed by atoms with Crippen LogP contribution in [0.15, 0.2) is 47.4 Å². The van der Waals surface area contributed by atoms with Gasteiger partial charge in [-0.15, -0.1) is 11.8 Å². The van der Waals surface area contributed by atoms with E-state index in [0.29, 0.717) is 24.1 Å². The lowest BCUT2D eigenvalue weighted by Crippen LogP contribution is -2.47. The van der Waals surface area contributed by atoms with E-state index in [-0.39, 0.29) is 11.7 Å². The normalized spacial score (nSPS) is 23.3. The molecule has 29 heavy (non-hydrogen) atoms. The molecule has 3 heterocycles. The summed E-state index contributed by atoms with van der Waals surface area (Å²) in [7, 11) is 0. The van der Waals surface area contributed by atoms with Gasteiger partial charge >= 0.3 is 0 Å². The molecule has 1 saturated heterocycles.